The summed E-state index contributed by atoms with van der Waals surface area (Å²) in [6, 6.07) is 0. The van der Waals surface area contributed by atoms with Gasteiger partial charge in [0.15, 0.2) is 0 Å². The van der Waals surface area contributed by atoms with E-state index in [0.717, 1.165) is 38.3 Å². The molecule has 0 aliphatic carbocycles. The molecule has 0 aromatic heterocycles. The van der Waals surface area contributed by atoms with Gasteiger partial charge in [0, 0.05) is 12.7 Å². The lowest BCUT2D eigenvalue weighted by molar-refractivity contribution is 0.00719. The molecule has 0 radical (unpaired) electrons. The number of hydrogen-bond donors (Lipinski definition) is 0. The Hall–Kier alpha value is -0.880. The van der Waals surface area contributed by atoms with Crippen molar-refractivity contribution in [2.75, 3.05) is 32.2 Å². The van der Waals surface area contributed by atoms with Crippen molar-refractivity contribution >= 4 is 17.9 Å². The van der Waals surface area contributed by atoms with E-state index in [4.69, 9.17) is 14.2 Å². The molecular formula is C29H53NO4S. The average Bonchev–Trinajstić information content (AvgIpc) is 3.55. The monoisotopic (exact) mass is 511 g/mol. The lowest BCUT2D eigenvalue weighted by Gasteiger charge is -2.14. The molecule has 5 nitrogen and oxygen atoms in total. The SMILES string of the molecule is CCCCCCCCCCCCCCCCC1COC(COC(=O)OCCCCN2C=CSC2)C1. The third-order valence-electron chi connectivity index (χ3n) is 7.18. The molecule has 0 N–H and O–H groups in total. The minimum absolute atomic E-state index is 0.0404. The number of unbranched alkanes of at least 4 members (excludes halogenated alkanes) is 14. The van der Waals surface area contributed by atoms with Crippen LogP contribution in [0.4, 0.5) is 4.79 Å². The number of carbonyl (C=O) groups excluding carboxylic acids is 1. The minimum Gasteiger partial charge on any atom is -0.434 e. The second-order valence-corrected chi connectivity index (χ2v) is 11.3. The molecule has 1 fully saturated rings. The smallest absolute Gasteiger partial charge is 0.434 e. The first-order chi connectivity index (χ1) is 17.3. The predicted molar refractivity (Wildman–Crippen MR) is 148 cm³/mol. The van der Waals surface area contributed by atoms with Crippen LogP contribution in [0.1, 0.15) is 122 Å². The molecule has 2 heterocycles. The minimum atomic E-state index is -0.555. The van der Waals surface area contributed by atoms with Crippen molar-refractivity contribution in [2.24, 2.45) is 5.92 Å². The van der Waals surface area contributed by atoms with Gasteiger partial charge in [0.25, 0.3) is 0 Å². The maximum Gasteiger partial charge on any atom is 0.508 e. The molecule has 0 saturated carbocycles. The van der Waals surface area contributed by atoms with Gasteiger partial charge in [-0.25, -0.2) is 4.79 Å². The van der Waals surface area contributed by atoms with Crippen LogP contribution in [0.3, 0.4) is 0 Å². The van der Waals surface area contributed by atoms with Crippen molar-refractivity contribution < 1.29 is 19.0 Å². The van der Waals surface area contributed by atoms with E-state index in [1.807, 2.05) is 11.8 Å². The number of hydrogen-bond acceptors (Lipinski definition) is 6. The van der Waals surface area contributed by atoms with Gasteiger partial charge in [-0.05, 0) is 37.0 Å². The number of thioether (sulfide) groups is 1. The molecule has 2 aliphatic heterocycles. The van der Waals surface area contributed by atoms with Crippen LogP contribution in [-0.4, -0.2) is 49.4 Å². The Bertz CT molecular complexity index is 545. The van der Waals surface area contributed by atoms with E-state index < -0.39 is 6.16 Å². The lowest BCUT2D eigenvalue weighted by Crippen LogP contribution is -2.19. The molecule has 204 valence electrons. The Morgan fingerprint density at radius 3 is 2.17 bits per heavy atom. The molecular weight excluding hydrogens is 458 g/mol. The van der Waals surface area contributed by atoms with Gasteiger partial charge in [0.05, 0.1) is 25.2 Å². The van der Waals surface area contributed by atoms with Gasteiger partial charge in [0.1, 0.15) is 6.61 Å². The Morgan fingerprint density at radius 1 is 0.886 bits per heavy atom. The molecule has 0 bridgehead atoms. The van der Waals surface area contributed by atoms with Crippen LogP contribution < -0.4 is 0 Å². The summed E-state index contributed by atoms with van der Waals surface area (Å²) >= 11 is 1.81. The van der Waals surface area contributed by atoms with Gasteiger partial charge >= 0.3 is 6.16 Å². The zero-order valence-corrected chi connectivity index (χ0v) is 23.4. The molecule has 2 atom stereocenters. The van der Waals surface area contributed by atoms with Crippen molar-refractivity contribution in [2.45, 2.75) is 129 Å². The highest BCUT2D eigenvalue weighted by atomic mass is 32.2. The zero-order valence-electron chi connectivity index (χ0n) is 22.6. The summed E-state index contributed by atoms with van der Waals surface area (Å²) < 4.78 is 16.3. The summed E-state index contributed by atoms with van der Waals surface area (Å²) in [6.45, 7) is 4.86. The van der Waals surface area contributed by atoms with Gasteiger partial charge in [0.2, 0.25) is 0 Å². The van der Waals surface area contributed by atoms with Crippen LogP contribution in [0.25, 0.3) is 0 Å². The largest absolute Gasteiger partial charge is 0.508 e. The van der Waals surface area contributed by atoms with Crippen molar-refractivity contribution in [3.63, 3.8) is 0 Å². The lowest BCUT2D eigenvalue weighted by atomic mass is 9.97. The molecule has 0 aromatic carbocycles. The fourth-order valence-electron chi connectivity index (χ4n) is 4.95. The van der Waals surface area contributed by atoms with Gasteiger partial charge in [-0.1, -0.05) is 96.8 Å². The van der Waals surface area contributed by atoms with Gasteiger partial charge in [-0.3, -0.25) is 0 Å². The first kappa shape index (κ1) is 30.3. The van der Waals surface area contributed by atoms with Crippen LogP contribution in [0.15, 0.2) is 11.6 Å². The highest BCUT2D eigenvalue weighted by Crippen LogP contribution is 2.25. The maximum atomic E-state index is 11.8. The molecule has 0 spiro atoms. The molecule has 1 saturated heterocycles. The third kappa shape index (κ3) is 16.5. The first-order valence-electron chi connectivity index (χ1n) is 14.7. The quantitative estimate of drug-likeness (QED) is 0.107. The molecule has 0 amide bonds. The number of nitrogens with zero attached hydrogens (tertiary/aromatic N) is 1. The Morgan fingerprint density at radius 2 is 1.54 bits per heavy atom. The summed E-state index contributed by atoms with van der Waals surface area (Å²) in [5, 5.41) is 2.11. The van der Waals surface area contributed by atoms with Crippen LogP contribution in [0.5, 0.6) is 0 Å². The highest BCUT2D eigenvalue weighted by molar-refractivity contribution is 8.02. The van der Waals surface area contributed by atoms with Gasteiger partial charge in [-0.15, -0.1) is 11.8 Å². The second kappa shape index (κ2) is 21.2. The summed E-state index contributed by atoms with van der Waals surface area (Å²) in [7, 11) is 0. The van der Waals surface area contributed by atoms with Crippen molar-refractivity contribution in [3.8, 4) is 0 Å². The molecule has 0 aromatic rings. The summed E-state index contributed by atoms with van der Waals surface area (Å²) in [4.78, 5) is 14.1. The Balaban J connectivity index is 1.30. The third-order valence-corrected chi connectivity index (χ3v) is 7.98. The maximum absolute atomic E-state index is 11.8. The summed E-state index contributed by atoms with van der Waals surface area (Å²) in [5.41, 5.74) is 0. The number of ether oxygens (including phenoxy) is 3. The Labute approximate surface area is 220 Å². The molecule has 35 heavy (non-hydrogen) atoms. The van der Waals surface area contributed by atoms with E-state index in [-0.39, 0.29) is 6.10 Å². The highest BCUT2D eigenvalue weighted by Gasteiger charge is 2.26. The number of carbonyl (C=O) groups is 1. The van der Waals surface area contributed by atoms with Crippen LogP contribution >= 0.6 is 11.8 Å². The standard InChI is InChI=1S/C29H53NO4S/c1-2-3-4-5-6-7-8-9-10-11-12-13-14-15-18-27-23-28(33-24-27)25-34-29(31)32-21-17-16-19-30-20-22-35-26-30/h20,22,27-28H,2-19,21,23-26H2,1H3. The predicted octanol–water partition coefficient (Wildman–Crippen LogP) is 8.67. The van der Waals surface area contributed by atoms with Gasteiger partial charge in [-0.2, -0.15) is 0 Å². The van der Waals surface area contributed by atoms with E-state index in [1.165, 1.54) is 96.3 Å². The average molecular weight is 512 g/mol. The van der Waals surface area contributed by atoms with Crippen LogP contribution in [0, 0.1) is 5.92 Å². The van der Waals surface area contributed by atoms with E-state index in [1.54, 1.807) is 0 Å². The fraction of sp³-hybridized carbons (Fsp3) is 0.897. The van der Waals surface area contributed by atoms with Crippen molar-refractivity contribution in [1.29, 1.82) is 0 Å². The normalized spacial score (nSPS) is 19.5. The molecule has 2 rings (SSSR count). The van der Waals surface area contributed by atoms with Crippen LogP contribution in [0.2, 0.25) is 0 Å². The second-order valence-electron chi connectivity index (χ2n) is 10.5. The summed E-state index contributed by atoms with van der Waals surface area (Å²) in [5.74, 6) is 1.65. The first-order valence-corrected chi connectivity index (χ1v) is 15.8. The summed E-state index contributed by atoms with van der Waals surface area (Å²) in [6.07, 6.45) is 25.4. The molecule has 2 unspecified atom stereocenters. The van der Waals surface area contributed by atoms with E-state index in [9.17, 15) is 4.79 Å². The zero-order chi connectivity index (χ0) is 24.8. The van der Waals surface area contributed by atoms with Crippen LogP contribution in [-0.2, 0) is 14.2 Å². The number of rotatable bonds is 22. The van der Waals surface area contributed by atoms with E-state index in [0.29, 0.717) is 19.1 Å². The van der Waals surface area contributed by atoms with E-state index in [2.05, 4.69) is 23.4 Å². The molecule has 6 heteroatoms. The molecule has 2 aliphatic rings. The van der Waals surface area contributed by atoms with Crippen molar-refractivity contribution in [3.05, 3.63) is 11.6 Å². The van der Waals surface area contributed by atoms with E-state index >= 15 is 0 Å². The van der Waals surface area contributed by atoms with Crippen molar-refractivity contribution in [1.82, 2.24) is 4.90 Å². The van der Waals surface area contributed by atoms with Gasteiger partial charge < -0.3 is 19.1 Å². The Kier molecular flexibility index (Phi) is 18.4. The fourth-order valence-corrected chi connectivity index (χ4v) is 5.70. The topological polar surface area (TPSA) is 48.0 Å².